The van der Waals surface area contributed by atoms with Crippen LogP contribution in [-0.4, -0.2) is 41.0 Å². The van der Waals surface area contributed by atoms with Crippen LogP contribution in [0.3, 0.4) is 0 Å². The molecule has 1 aliphatic carbocycles. The Kier molecular flexibility index (Phi) is 6.47. The van der Waals surface area contributed by atoms with E-state index in [9.17, 15) is 4.79 Å². The van der Waals surface area contributed by atoms with Gasteiger partial charge in [0.15, 0.2) is 5.82 Å². The number of piperidine rings is 1. The Labute approximate surface area is 171 Å². The second-order valence-corrected chi connectivity index (χ2v) is 8.67. The molecule has 0 spiro atoms. The van der Waals surface area contributed by atoms with Gasteiger partial charge >= 0.3 is 0 Å². The third kappa shape index (κ3) is 5.04. The smallest absolute Gasteiger partial charge is 0.230 e. The molecule has 0 saturated carbocycles. The van der Waals surface area contributed by atoms with E-state index in [1.54, 1.807) is 11.8 Å². The van der Waals surface area contributed by atoms with Crippen LogP contribution >= 0.6 is 11.8 Å². The third-order valence-corrected chi connectivity index (χ3v) is 6.59. The average Bonchev–Trinajstić information content (AvgIpc) is 2.75. The maximum Gasteiger partial charge on any atom is 0.230 e. The summed E-state index contributed by atoms with van der Waals surface area (Å²) in [6.45, 7) is 1.85. The quantitative estimate of drug-likeness (QED) is 0.811. The van der Waals surface area contributed by atoms with Gasteiger partial charge in [0.2, 0.25) is 5.91 Å². The van der Waals surface area contributed by atoms with Crippen LogP contribution in [0.15, 0.2) is 36.4 Å². The number of benzene rings is 1. The number of hydrogen-bond donors (Lipinski definition) is 1. The van der Waals surface area contributed by atoms with E-state index in [0.717, 1.165) is 50.3 Å². The summed E-state index contributed by atoms with van der Waals surface area (Å²) >= 11 is 1.67. The molecule has 1 N–H and O–H groups in total. The molecule has 1 aliphatic heterocycles. The maximum atomic E-state index is 12.2. The predicted molar refractivity (Wildman–Crippen MR) is 115 cm³/mol. The lowest BCUT2D eigenvalue weighted by Crippen LogP contribution is -2.45. The first-order valence-corrected chi connectivity index (χ1v) is 11.4. The largest absolute Gasteiger partial charge is 0.355 e. The van der Waals surface area contributed by atoms with Gasteiger partial charge in [0.1, 0.15) is 0 Å². The lowest BCUT2D eigenvalue weighted by molar-refractivity contribution is -0.119. The number of carbonyl (C=O) groups is 1. The van der Waals surface area contributed by atoms with Crippen molar-refractivity contribution in [3.63, 3.8) is 0 Å². The zero-order chi connectivity index (χ0) is 19.2. The van der Waals surface area contributed by atoms with Crippen molar-refractivity contribution in [3.05, 3.63) is 53.2 Å². The molecule has 0 unspecified atom stereocenters. The van der Waals surface area contributed by atoms with E-state index in [0.29, 0.717) is 5.75 Å². The number of aromatic nitrogens is 2. The highest BCUT2D eigenvalue weighted by Crippen LogP contribution is 2.24. The molecule has 4 rings (SSSR count). The maximum absolute atomic E-state index is 12.2. The number of anilines is 1. The van der Waals surface area contributed by atoms with E-state index >= 15 is 0 Å². The van der Waals surface area contributed by atoms with Gasteiger partial charge in [-0.3, -0.25) is 4.79 Å². The van der Waals surface area contributed by atoms with Gasteiger partial charge in [-0.1, -0.05) is 30.3 Å². The van der Waals surface area contributed by atoms with Gasteiger partial charge in [-0.25, -0.2) is 0 Å². The fraction of sp³-hybridized carbons (Fsp3) is 0.500. The molecule has 0 radical (unpaired) electrons. The molecule has 6 heteroatoms. The molecule has 1 aromatic carbocycles. The fourth-order valence-electron chi connectivity index (χ4n) is 3.99. The Morgan fingerprint density at radius 2 is 1.89 bits per heavy atom. The topological polar surface area (TPSA) is 58.1 Å². The number of nitrogens with zero attached hydrogens (tertiary/aromatic N) is 3. The number of nitrogens with one attached hydrogen (secondary N) is 1. The Morgan fingerprint density at radius 1 is 1.11 bits per heavy atom. The summed E-state index contributed by atoms with van der Waals surface area (Å²) in [6, 6.07) is 12.8. The van der Waals surface area contributed by atoms with Crippen molar-refractivity contribution in [1.82, 2.24) is 15.5 Å². The first-order chi connectivity index (χ1) is 13.8. The minimum Gasteiger partial charge on any atom is -0.355 e. The van der Waals surface area contributed by atoms with Gasteiger partial charge in [-0.2, -0.15) is 5.10 Å². The molecule has 1 saturated heterocycles. The Bertz CT molecular complexity index is 790. The van der Waals surface area contributed by atoms with Crippen LogP contribution in [0, 0.1) is 0 Å². The average molecular weight is 397 g/mol. The molecule has 148 valence electrons. The first-order valence-electron chi connectivity index (χ1n) is 10.3. The van der Waals surface area contributed by atoms with Crippen molar-refractivity contribution in [2.75, 3.05) is 23.7 Å². The van der Waals surface area contributed by atoms with Crippen molar-refractivity contribution in [2.24, 2.45) is 0 Å². The van der Waals surface area contributed by atoms with E-state index in [1.807, 2.05) is 18.2 Å². The summed E-state index contributed by atoms with van der Waals surface area (Å²) in [5.41, 5.74) is 3.83. The second kappa shape index (κ2) is 9.41. The van der Waals surface area contributed by atoms with Gasteiger partial charge in [0, 0.05) is 24.9 Å². The monoisotopic (exact) mass is 396 g/mol. The van der Waals surface area contributed by atoms with Crippen LogP contribution in [0.25, 0.3) is 0 Å². The Balaban J connectivity index is 1.20. The number of amides is 1. The van der Waals surface area contributed by atoms with Gasteiger partial charge < -0.3 is 10.2 Å². The van der Waals surface area contributed by atoms with Crippen LogP contribution in [0.5, 0.6) is 0 Å². The standard InChI is InChI=1S/C22H28N4OS/c27-22(16-28-15-17-6-2-1-3-7-17)23-19-10-12-26(13-11-19)21-14-18-8-4-5-9-20(18)24-25-21/h1-3,6-7,14,19H,4-5,8-13,15-16H2,(H,23,27). The van der Waals surface area contributed by atoms with Crippen LogP contribution in [0.4, 0.5) is 5.82 Å². The number of hydrogen-bond acceptors (Lipinski definition) is 5. The SMILES string of the molecule is O=C(CSCc1ccccc1)NC1CCN(c2cc3c(nn2)CCCC3)CC1. The second-order valence-electron chi connectivity index (χ2n) is 7.69. The van der Waals surface area contributed by atoms with Crippen molar-refractivity contribution < 1.29 is 4.79 Å². The molecule has 2 heterocycles. The fourth-order valence-corrected chi connectivity index (χ4v) is 4.79. The van der Waals surface area contributed by atoms with E-state index in [-0.39, 0.29) is 11.9 Å². The van der Waals surface area contributed by atoms with Gasteiger partial charge in [0.25, 0.3) is 0 Å². The highest BCUT2D eigenvalue weighted by atomic mass is 32.2. The number of fused-ring (bicyclic) bond motifs is 1. The minimum atomic E-state index is 0.146. The van der Waals surface area contributed by atoms with Crippen LogP contribution in [0.2, 0.25) is 0 Å². The lowest BCUT2D eigenvalue weighted by atomic mass is 9.96. The summed E-state index contributed by atoms with van der Waals surface area (Å²) in [4.78, 5) is 14.6. The summed E-state index contributed by atoms with van der Waals surface area (Å²) in [5.74, 6) is 2.55. The summed E-state index contributed by atoms with van der Waals surface area (Å²) < 4.78 is 0. The zero-order valence-corrected chi connectivity index (χ0v) is 17.1. The first kappa shape index (κ1) is 19.2. The Morgan fingerprint density at radius 3 is 2.71 bits per heavy atom. The Hall–Kier alpha value is -2.08. The lowest BCUT2D eigenvalue weighted by Gasteiger charge is -2.33. The third-order valence-electron chi connectivity index (χ3n) is 5.59. The zero-order valence-electron chi connectivity index (χ0n) is 16.3. The van der Waals surface area contributed by atoms with Crippen LogP contribution < -0.4 is 10.2 Å². The van der Waals surface area contributed by atoms with Crippen LogP contribution in [0.1, 0.15) is 42.5 Å². The van der Waals surface area contributed by atoms with Crippen molar-refractivity contribution >= 4 is 23.5 Å². The van der Waals surface area contributed by atoms with E-state index in [1.165, 1.54) is 29.7 Å². The van der Waals surface area contributed by atoms with E-state index in [4.69, 9.17) is 0 Å². The molecule has 0 bridgehead atoms. The molecule has 2 aliphatic rings. The molecule has 5 nitrogen and oxygen atoms in total. The molecule has 1 amide bonds. The number of rotatable bonds is 6. The van der Waals surface area contributed by atoms with Gasteiger partial charge in [-0.05, 0) is 55.7 Å². The highest BCUT2D eigenvalue weighted by Gasteiger charge is 2.23. The number of carbonyl (C=O) groups excluding carboxylic acids is 1. The summed E-state index contributed by atoms with van der Waals surface area (Å²) in [7, 11) is 0. The van der Waals surface area contributed by atoms with Gasteiger partial charge in [0.05, 0.1) is 11.4 Å². The highest BCUT2D eigenvalue weighted by molar-refractivity contribution is 7.99. The molecule has 28 heavy (non-hydrogen) atoms. The predicted octanol–water partition coefficient (Wildman–Crippen LogP) is 3.37. The number of aryl methyl sites for hydroxylation is 2. The molecule has 2 aromatic rings. The minimum absolute atomic E-state index is 0.146. The van der Waals surface area contributed by atoms with Crippen molar-refractivity contribution in [2.45, 2.75) is 50.3 Å². The summed E-state index contributed by atoms with van der Waals surface area (Å²) in [5, 5.41) is 12.1. The molecule has 0 atom stereocenters. The van der Waals surface area contributed by atoms with Gasteiger partial charge in [-0.15, -0.1) is 16.9 Å². The number of thioether (sulfide) groups is 1. The van der Waals surface area contributed by atoms with E-state index < -0.39 is 0 Å². The molecule has 1 aromatic heterocycles. The molecule has 1 fully saturated rings. The molecular weight excluding hydrogens is 368 g/mol. The van der Waals surface area contributed by atoms with Crippen molar-refractivity contribution in [3.8, 4) is 0 Å². The van der Waals surface area contributed by atoms with Crippen molar-refractivity contribution in [1.29, 1.82) is 0 Å². The normalized spacial score (nSPS) is 17.2. The van der Waals surface area contributed by atoms with E-state index in [2.05, 4.69) is 38.6 Å². The molecular formula is C22H28N4OS. The van der Waals surface area contributed by atoms with Crippen LogP contribution in [-0.2, 0) is 23.4 Å². The summed E-state index contributed by atoms with van der Waals surface area (Å²) in [6.07, 6.45) is 6.62.